The van der Waals surface area contributed by atoms with Gasteiger partial charge in [0, 0.05) is 0 Å². The first-order valence-electron chi connectivity index (χ1n) is 8.51. The predicted octanol–water partition coefficient (Wildman–Crippen LogP) is 1.97. The Morgan fingerprint density at radius 3 is 2.21 bits per heavy atom. The smallest absolute Gasteiger partial charge is 0.453 e. The third-order valence-electron chi connectivity index (χ3n) is 4.20. The molecule has 154 valence electrons. The van der Waals surface area contributed by atoms with Crippen molar-refractivity contribution < 1.29 is 41.9 Å². The highest BCUT2D eigenvalue weighted by Gasteiger charge is 2.57. The molecule has 10 heteroatoms. The number of carbonyl (C=O) groups is 2. The zero-order chi connectivity index (χ0) is 21.4. The van der Waals surface area contributed by atoms with Gasteiger partial charge in [0.2, 0.25) is 0 Å². The molecule has 0 bridgehead atoms. The van der Waals surface area contributed by atoms with E-state index in [-0.39, 0.29) is 22.8 Å². The number of carboxylic acids is 2. The third-order valence-corrected chi connectivity index (χ3v) is 5.63. The van der Waals surface area contributed by atoms with Gasteiger partial charge in [-0.25, -0.2) is 9.59 Å². The van der Waals surface area contributed by atoms with Crippen molar-refractivity contribution >= 4 is 22.1 Å². The average Bonchev–Trinajstić information content (AvgIpc) is 3.02. The summed E-state index contributed by atoms with van der Waals surface area (Å²) in [5.74, 6) is -6.56. The van der Waals surface area contributed by atoms with Crippen molar-refractivity contribution in [3.05, 3.63) is 53.6 Å². The maximum atomic E-state index is 12.4. The summed E-state index contributed by atoms with van der Waals surface area (Å²) in [5.41, 5.74) is 1.46. The highest BCUT2D eigenvalue weighted by Crippen LogP contribution is 2.40. The van der Waals surface area contributed by atoms with Crippen LogP contribution in [0.25, 0.3) is 0 Å². The van der Waals surface area contributed by atoms with Crippen LogP contribution in [0.15, 0.2) is 47.4 Å². The number of carboxylic acid groups (broad SMARTS) is 2. The molecular weight excluding hydrogens is 404 g/mol. The van der Waals surface area contributed by atoms with Gasteiger partial charge in [0.1, 0.15) is 0 Å². The molecule has 9 nitrogen and oxygen atoms in total. The molecule has 3 rings (SSSR count). The number of hydrogen-bond donors (Lipinski definition) is 2. The maximum absolute atomic E-state index is 12.4. The van der Waals surface area contributed by atoms with E-state index >= 15 is 0 Å². The van der Waals surface area contributed by atoms with E-state index in [1.54, 1.807) is 25.1 Å². The summed E-state index contributed by atoms with van der Waals surface area (Å²) in [6.07, 6.45) is -0.597. The van der Waals surface area contributed by atoms with Crippen molar-refractivity contribution in [2.24, 2.45) is 0 Å². The summed E-state index contributed by atoms with van der Waals surface area (Å²) >= 11 is 0. The lowest BCUT2D eigenvalue weighted by Crippen LogP contribution is -2.54. The van der Waals surface area contributed by atoms with Gasteiger partial charge in [0.15, 0.2) is 11.5 Å². The molecule has 0 radical (unpaired) electrons. The molecule has 0 aromatic heterocycles. The fraction of sp³-hybridized carbons (Fsp3) is 0.263. The monoisotopic (exact) mass is 422 g/mol. The first kappa shape index (κ1) is 20.6. The van der Waals surface area contributed by atoms with Crippen molar-refractivity contribution in [3.8, 4) is 11.5 Å². The number of fused-ring (bicyclic) bond motifs is 1. The van der Waals surface area contributed by atoms with Crippen LogP contribution in [-0.4, -0.2) is 42.5 Å². The van der Waals surface area contributed by atoms with Crippen molar-refractivity contribution in [1.29, 1.82) is 0 Å². The second-order valence-electron chi connectivity index (χ2n) is 6.59. The Kier molecular flexibility index (Phi) is 5.24. The summed E-state index contributed by atoms with van der Waals surface area (Å²) < 4.78 is 40.0. The molecule has 1 heterocycles. The maximum Gasteiger partial charge on any atom is 0.453 e. The second-order valence-corrected chi connectivity index (χ2v) is 8.16. The minimum atomic E-state index is -3.96. The fourth-order valence-electron chi connectivity index (χ4n) is 2.78. The van der Waals surface area contributed by atoms with Gasteiger partial charge in [-0.1, -0.05) is 23.8 Å². The molecule has 1 aliphatic rings. The molecule has 2 N–H and O–H groups in total. The Balaban J connectivity index is 1.73. The summed E-state index contributed by atoms with van der Waals surface area (Å²) in [4.78, 5) is 22.6. The molecule has 0 fully saturated rings. The van der Waals surface area contributed by atoms with Gasteiger partial charge in [-0.2, -0.15) is 8.42 Å². The Bertz CT molecular complexity index is 1040. The highest BCUT2D eigenvalue weighted by atomic mass is 32.2. The number of hydrogen-bond acceptors (Lipinski definition) is 7. The molecule has 2 aromatic rings. The molecule has 2 aromatic carbocycles. The van der Waals surface area contributed by atoms with Crippen molar-refractivity contribution in [2.45, 2.75) is 37.1 Å². The van der Waals surface area contributed by atoms with Crippen LogP contribution in [0.3, 0.4) is 0 Å². The summed E-state index contributed by atoms with van der Waals surface area (Å²) in [7, 11) is -3.96. The Hall–Kier alpha value is -3.11. The first-order chi connectivity index (χ1) is 13.5. The van der Waals surface area contributed by atoms with Gasteiger partial charge in [0.05, 0.1) is 11.0 Å². The van der Waals surface area contributed by atoms with Gasteiger partial charge in [-0.05, 0) is 50.1 Å². The van der Waals surface area contributed by atoms with Gasteiger partial charge in [-0.3, -0.25) is 4.18 Å². The molecular formula is C19H18O9S. The van der Waals surface area contributed by atoms with E-state index in [1.165, 1.54) is 24.3 Å². The number of aryl methyl sites for hydroxylation is 1. The molecule has 0 saturated carbocycles. The van der Waals surface area contributed by atoms with E-state index in [9.17, 15) is 18.0 Å². The van der Waals surface area contributed by atoms with Gasteiger partial charge >= 0.3 is 17.7 Å². The quantitative estimate of drug-likeness (QED) is 0.507. The third kappa shape index (κ3) is 4.03. The van der Waals surface area contributed by atoms with Gasteiger partial charge in [0.25, 0.3) is 10.1 Å². The van der Waals surface area contributed by atoms with Gasteiger partial charge in [-0.15, -0.1) is 0 Å². The van der Waals surface area contributed by atoms with Crippen LogP contribution in [0, 0.1) is 6.92 Å². The largest absolute Gasteiger partial charge is 0.475 e. The Morgan fingerprint density at radius 1 is 1.03 bits per heavy atom. The van der Waals surface area contributed by atoms with Crippen LogP contribution in [-0.2, 0) is 30.3 Å². The summed E-state index contributed by atoms with van der Waals surface area (Å²) in [6.45, 7) is 3.40. The Labute approximate surface area is 166 Å². The van der Waals surface area contributed by atoms with Crippen LogP contribution in [0.4, 0.5) is 0 Å². The summed E-state index contributed by atoms with van der Waals surface area (Å²) in [6, 6.07) is 10.5. The lowest BCUT2D eigenvalue weighted by Gasteiger charge is -2.16. The van der Waals surface area contributed by atoms with Crippen LogP contribution in [0.2, 0.25) is 0 Å². The number of ether oxygens (including phenoxy) is 2. The van der Waals surface area contributed by atoms with E-state index in [0.717, 1.165) is 5.56 Å². The number of rotatable bonds is 7. The van der Waals surface area contributed by atoms with Crippen molar-refractivity contribution in [3.63, 3.8) is 0 Å². The standard InChI is InChI=1S/C19H18O9S/c1-11-3-6-14(7-4-11)29(24,25)28-12(2)9-13-5-8-15-16(10-13)27-19(26-15,17(20)21)18(22)23/h3-8,10,12H,9H2,1-2H3,(H,20,21)(H,22,23)/t12-/m1/s1. The van der Waals surface area contributed by atoms with Crippen LogP contribution >= 0.6 is 0 Å². The first-order valence-corrected chi connectivity index (χ1v) is 9.92. The number of aliphatic carboxylic acids is 2. The van der Waals surface area contributed by atoms with E-state index in [4.69, 9.17) is 23.9 Å². The number of benzene rings is 2. The van der Waals surface area contributed by atoms with E-state index in [0.29, 0.717) is 5.56 Å². The lowest BCUT2D eigenvalue weighted by atomic mass is 10.1. The van der Waals surface area contributed by atoms with Gasteiger partial charge < -0.3 is 19.7 Å². The minimum absolute atomic E-state index is 0.0355. The predicted molar refractivity (Wildman–Crippen MR) is 98.3 cm³/mol. The molecule has 0 unspecified atom stereocenters. The van der Waals surface area contributed by atoms with Crippen molar-refractivity contribution in [2.75, 3.05) is 0 Å². The molecule has 0 saturated heterocycles. The summed E-state index contributed by atoms with van der Waals surface area (Å²) in [5, 5.41) is 18.3. The average molecular weight is 422 g/mol. The SMILES string of the molecule is Cc1ccc(S(=O)(=O)O[C@H](C)Cc2ccc3c(c2)OC(C(=O)O)(C(=O)O)O3)cc1. The van der Waals surface area contributed by atoms with Crippen molar-refractivity contribution in [1.82, 2.24) is 0 Å². The highest BCUT2D eigenvalue weighted by molar-refractivity contribution is 7.86. The minimum Gasteiger partial charge on any atom is -0.475 e. The zero-order valence-corrected chi connectivity index (χ0v) is 16.3. The topological polar surface area (TPSA) is 136 Å². The lowest BCUT2D eigenvalue weighted by molar-refractivity contribution is -0.194. The zero-order valence-electron chi connectivity index (χ0n) is 15.5. The van der Waals surface area contributed by atoms with Crippen LogP contribution < -0.4 is 9.47 Å². The molecule has 1 aliphatic heterocycles. The second kappa shape index (κ2) is 7.37. The van der Waals surface area contributed by atoms with E-state index in [2.05, 4.69) is 0 Å². The molecule has 0 spiro atoms. The fourth-order valence-corrected chi connectivity index (χ4v) is 3.86. The normalized spacial score (nSPS) is 15.7. The molecule has 0 aliphatic carbocycles. The van der Waals surface area contributed by atoms with E-state index < -0.39 is 33.9 Å². The molecule has 29 heavy (non-hydrogen) atoms. The molecule has 0 amide bonds. The molecule has 1 atom stereocenters. The van der Waals surface area contributed by atoms with Crippen LogP contribution in [0.5, 0.6) is 11.5 Å². The van der Waals surface area contributed by atoms with Crippen LogP contribution in [0.1, 0.15) is 18.1 Å². The Morgan fingerprint density at radius 2 is 1.62 bits per heavy atom. The van der Waals surface area contributed by atoms with E-state index in [1.807, 2.05) is 6.92 Å².